The summed E-state index contributed by atoms with van der Waals surface area (Å²) in [5, 5.41) is 11.7. The van der Waals surface area contributed by atoms with Crippen molar-refractivity contribution in [1.29, 1.82) is 0 Å². The normalized spacial score (nSPS) is 21.8. The summed E-state index contributed by atoms with van der Waals surface area (Å²) in [5.74, 6) is -1.08. The molecule has 3 N–H and O–H groups in total. The van der Waals surface area contributed by atoms with Crippen molar-refractivity contribution >= 4 is 11.9 Å². The van der Waals surface area contributed by atoms with Gasteiger partial charge in [0.25, 0.3) is 5.91 Å². The zero-order chi connectivity index (χ0) is 15.4. The monoisotopic (exact) mass is 292 g/mol. The fourth-order valence-electron chi connectivity index (χ4n) is 2.70. The molecule has 1 fully saturated rings. The Morgan fingerprint density at radius 1 is 1.33 bits per heavy atom. The summed E-state index contributed by atoms with van der Waals surface area (Å²) < 4.78 is 0. The molecule has 0 atom stereocenters. The molecule has 1 amide bonds. The van der Waals surface area contributed by atoms with Crippen LogP contribution in [-0.2, 0) is 4.79 Å². The van der Waals surface area contributed by atoms with Crippen molar-refractivity contribution in [2.24, 2.45) is 11.8 Å². The van der Waals surface area contributed by atoms with Crippen LogP contribution in [0.15, 0.2) is 17.1 Å². The van der Waals surface area contributed by atoms with E-state index in [1.165, 1.54) is 12.3 Å². The summed E-state index contributed by atoms with van der Waals surface area (Å²) >= 11 is 0. The molecule has 1 saturated carbocycles. The van der Waals surface area contributed by atoms with Gasteiger partial charge in [0.15, 0.2) is 5.43 Å². The van der Waals surface area contributed by atoms with Crippen molar-refractivity contribution in [1.82, 2.24) is 10.3 Å². The van der Waals surface area contributed by atoms with Gasteiger partial charge in [-0.1, -0.05) is 0 Å². The predicted molar refractivity (Wildman–Crippen MR) is 77.2 cm³/mol. The highest BCUT2D eigenvalue weighted by molar-refractivity contribution is 5.93. The van der Waals surface area contributed by atoms with Gasteiger partial charge >= 0.3 is 5.97 Å². The third kappa shape index (κ3) is 3.93. The van der Waals surface area contributed by atoms with E-state index >= 15 is 0 Å². The van der Waals surface area contributed by atoms with Gasteiger partial charge in [-0.2, -0.15) is 0 Å². The number of carbonyl (C=O) groups is 2. The first-order chi connectivity index (χ1) is 9.97. The number of rotatable bonds is 4. The van der Waals surface area contributed by atoms with E-state index in [1.807, 2.05) is 0 Å². The maximum atomic E-state index is 12.0. The smallest absolute Gasteiger partial charge is 0.306 e. The van der Waals surface area contributed by atoms with Crippen LogP contribution in [-0.4, -0.2) is 28.5 Å². The van der Waals surface area contributed by atoms with Crippen LogP contribution in [0.2, 0.25) is 0 Å². The van der Waals surface area contributed by atoms with Gasteiger partial charge in [0.05, 0.1) is 5.92 Å². The Bertz CT molecular complexity index is 586. The van der Waals surface area contributed by atoms with Crippen molar-refractivity contribution in [3.8, 4) is 0 Å². The number of aromatic amines is 1. The largest absolute Gasteiger partial charge is 0.481 e. The van der Waals surface area contributed by atoms with E-state index in [-0.39, 0.29) is 28.7 Å². The number of aromatic nitrogens is 1. The number of carboxylic acid groups (broad SMARTS) is 1. The number of amides is 1. The Hall–Kier alpha value is -2.11. The van der Waals surface area contributed by atoms with Crippen molar-refractivity contribution in [3.63, 3.8) is 0 Å². The Morgan fingerprint density at radius 2 is 2.00 bits per heavy atom. The van der Waals surface area contributed by atoms with E-state index in [1.54, 1.807) is 6.92 Å². The molecule has 0 aromatic carbocycles. The Kier molecular flexibility index (Phi) is 4.77. The molecule has 0 radical (unpaired) electrons. The first-order valence-corrected chi connectivity index (χ1v) is 7.17. The number of pyridine rings is 1. The summed E-state index contributed by atoms with van der Waals surface area (Å²) in [4.78, 5) is 37.4. The molecular weight excluding hydrogens is 272 g/mol. The highest BCUT2D eigenvalue weighted by atomic mass is 16.4. The third-order valence-electron chi connectivity index (χ3n) is 4.05. The zero-order valence-corrected chi connectivity index (χ0v) is 12.0. The van der Waals surface area contributed by atoms with Gasteiger partial charge in [-0.25, -0.2) is 0 Å². The van der Waals surface area contributed by atoms with Crippen molar-refractivity contribution in [2.75, 3.05) is 6.54 Å². The van der Waals surface area contributed by atoms with Gasteiger partial charge in [0, 0.05) is 24.5 Å². The molecule has 0 spiro atoms. The minimum Gasteiger partial charge on any atom is -0.481 e. The van der Waals surface area contributed by atoms with E-state index in [0.717, 1.165) is 12.8 Å². The Morgan fingerprint density at radius 3 is 2.57 bits per heavy atom. The highest BCUT2D eigenvalue weighted by Crippen LogP contribution is 2.28. The second-order valence-corrected chi connectivity index (χ2v) is 5.66. The minimum atomic E-state index is -0.733. The van der Waals surface area contributed by atoms with Gasteiger partial charge in [-0.3, -0.25) is 14.4 Å². The molecule has 6 heteroatoms. The van der Waals surface area contributed by atoms with Gasteiger partial charge in [-0.05, 0) is 38.5 Å². The second kappa shape index (κ2) is 6.56. The summed E-state index contributed by atoms with van der Waals surface area (Å²) in [6.07, 6.45) is 4.32. The maximum absolute atomic E-state index is 12.0. The lowest BCUT2D eigenvalue weighted by Gasteiger charge is -2.26. The maximum Gasteiger partial charge on any atom is 0.306 e. The first kappa shape index (κ1) is 15.3. The van der Waals surface area contributed by atoms with Crippen LogP contribution in [0.4, 0.5) is 0 Å². The fourth-order valence-corrected chi connectivity index (χ4v) is 2.70. The topological polar surface area (TPSA) is 99.3 Å². The molecular formula is C15H20N2O4. The lowest BCUT2D eigenvalue weighted by Crippen LogP contribution is -2.34. The summed E-state index contributed by atoms with van der Waals surface area (Å²) in [6, 6.07) is 1.40. The number of aryl methyl sites for hydroxylation is 1. The van der Waals surface area contributed by atoms with Crippen LogP contribution < -0.4 is 10.7 Å². The quantitative estimate of drug-likeness (QED) is 0.779. The van der Waals surface area contributed by atoms with E-state index in [9.17, 15) is 14.4 Å². The molecule has 0 saturated heterocycles. The number of H-pyrrole nitrogens is 1. The molecule has 21 heavy (non-hydrogen) atoms. The van der Waals surface area contributed by atoms with Crippen molar-refractivity contribution in [3.05, 3.63) is 33.7 Å². The summed E-state index contributed by atoms with van der Waals surface area (Å²) in [6.45, 7) is 2.24. The Balaban J connectivity index is 1.85. The predicted octanol–water partition coefficient (Wildman–Crippen LogP) is 1.30. The average molecular weight is 292 g/mol. The SMILES string of the molecule is Cc1cc(=O)c(C(=O)NCC2CCC(C(=O)O)CC2)c[nH]1. The number of hydrogen-bond acceptors (Lipinski definition) is 3. The number of aliphatic carboxylic acids is 1. The molecule has 0 aliphatic heterocycles. The lowest BCUT2D eigenvalue weighted by molar-refractivity contribution is -0.143. The standard InChI is InChI=1S/C15H20N2O4/c1-9-6-13(18)12(8-16-9)14(19)17-7-10-2-4-11(5-3-10)15(20)21/h6,8,10-11H,2-5,7H2,1H3,(H,16,18)(H,17,19)(H,20,21). The van der Waals surface area contributed by atoms with E-state index in [0.29, 0.717) is 25.1 Å². The lowest BCUT2D eigenvalue weighted by atomic mass is 9.82. The van der Waals surface area contributed by atoms with Gasteiger partial charge in [0.1, 0.15) is 5.56 Å². The fraction of sp³-hybridized carbons (Fsp3) is 0.533. The first-order valence-electron chi connectivity index (χ1n) is 7.17. The van der Waals surface area contributed by atoms with E-state index < -0.39 is 5.97 Å². The summed E-state index contributed by atoms with van der Waals surface area (Å²) in [5.41, 5.74) is 0.529. The molecule has 6 nitrogen and oxygen atoms in total. The molecule has 1 aromatic heterocycles. The molecule has 0 unspecified atom stereocenters. The van der Waals surface area contributed by atoms with Gasteiger partial charge in [0.2, 0.25) is 0 Å². The molecule has 1 aliphatic carbocycles. The number of carbonyl (C=O) groups excluding carboxylic acids is 1. The Labute approximate surface area is 122 Å². The van der Waals surface area contributed by atoms with E-state index in [4.69, 9.17) is 5.11 Å². The van der Waals surface area contributed by atoms with Crippen LogP contribution in [0.1, 0.15) is 41.7 Å². The van der Waals surface area contributed by atoms with Crippen LogP contribution in [0, 0.1) is 18.8 Å². The molecule has 1 aromatic rings. The number of nitrogens with one attached hydrogen (secondary N) is 2. The third-order valence-corrected chi connectivity index (χ3v) is 4.05. The summed E-state index contributed by atoms with van der Waals surface area (Å²) in [7, 11) is 0. The highest BCUT2D eigenvalue weighted by Gasteiger charge is 2.26. The number of carboxylic acids is 1. The van der Waals surface area contributed by atoms with Crippen LogP contribution in [0.5, 0.6) is 0 Å². The molecule has 1 heterocycles. The molecule has 2 rings (SSSR count). The average Bonchev–Trinajstić information content (AvgIpc) is 2.45. The van der Waals surface area contributed by atoms with Crippen LogP contribution in [0.25, 0.3) is 0 Å². The molecule has 1 aliphatic rings. The molecule has 114 valence electrons. The zero-order valence-electron chi connectivity index (χ0n) is 12.0. The van der Waals surface area contributed by atoms with Gasteiger partial charge in [-0.15, -0.1) is 0 Å². The number of hydrogen-bond donors (Lipinski definition) is 3. The van der Waals surface area contributed by atoms with Crippen molar-refractivity contribution in [2.45, 2.75) is 32.6 Å². The van der Waals surface area contributed by atoms with Crippen LogP contribution in [0.3, 0.4) is 0 Å². The van der Waals surface area contributed by atoms with Crippen LogP contribution >= 0.6 is 0 Å². The van der Waals surface area contributed by atoms with Gasteiger partial charge < -0.3 is 15.4 Å². The van der Waals surface area contributed by atoms with E-state index in [2.05, 4.69) is 10.3 Å². The van der Waals surface area contributed by atoms with Crippen molar-refractivity contribution < 1.29 is 14.7 Å². The minimum absolute atomic E-state index is 0.111. The second-order valence-electron chi connectivity index (χ2n) is 5.66. The molecule has 0 bridgehead atoms.